The molecule has 0 bridgehead atoms. The topological polar surface area (TPSA) is 76.2 Å². The first-order chi connectivity index (χ1) is 14.9. The highest BCUT2D eigenvalue weighted by molar-refractivity contribution is 8.18. The number of imide groups is 1. The number of hydrogen-bond acceptors (Lipinski definition) is 6. The fraction of sp³-hybridized carbons (Fsp3) is 0.409. The molecule has 2 heterocycles. The number of ether oxygens (including phenoxy) is 2. The molecule has 2 fully saturated rings. The zero-order valence-electron chi connectivity index (χ0n) is 17.4. The van der Waals surface area contributed by atoms with Gasteiger partial charge in [0.25, 0.3) is 11.1 Å². The minimum absolute atomic E-state index is 0.200. The zero-order chi connectivity index (χ0) is 22.4. The molecule has 0 saturated carbocycles. The zero-order valence-corrected chi connectivity index (χ0v) is 19.0. The number of carbonyl (C=O) groups is 3. The predicted octanol–water partition coefficient (Wildman–Crippen LogP) is 4.35. The van der Waals surface area contributed by atoms with Crippen LogP contribution in [-0.2, 0) is 9.59 Å². The molecule has 3 amide bonds. The van der Waals surface area contributed by atoms with E-state index in [-0.39, 0.29) is 24.0 Å². The van der Waals surface area contributed by atoms with E-state index in [2.05, 4.69) is 6.58 Å². The number of amides is 3. The van der Waals surface area contributed by atoms with Crippen LogP contribution in [0.2, 0.25) is 5.02 Å². The third kappa shape index (κ3) is 5.62. The van der Waals surface area contributed by atoms with Gasteiger partial charge in [0.05, 0.1) is 16.5 Å². The van der Waals surface area contributed by atoms with Crippen LogP contribution >= 0.6 is 23.4 Å². The minimum atomic E-state index is -0.485. The van der Waals surface area contributed by atoms with Gasteiger partial charge < -0.3 is 14.4 Å². The maximum atomic E-state index is 12.8. The third-order valence-corrected chi connectivity index (χ3v) is 6.04. The minimum Gasteiger partial charge on any atom is -0.490 e. The lowest BCUT2D eigenvalue weighted by Crippen LogP contribution is -2.44. The Morgan fingerprint density at radius 2 is 1.97 bits per heavy atom. The Balaban J connectivity index is 1.78. The summed E-state index contributed by atoms with van der Waals surface area (Å²) in [4.78, 5) is 40.6. The van der Waals surface area contributed by atoms with Gasteiger partial charge in [-0.05, 0) is 61.7 Å². The molecular weight excluding hydrogens is 440 g/mol. The molecule has 9 heteroatoms. The van der Waals surface area contributed by atoms with Gasteiger partial charge in [-0.3, -0.25) is 19.3 Å². The van der Waals surface area contributed by atoms with Gasteiger partial charge in [-0.25, -0.2) is 0 Å². The van der Waals surface area contributed by atoms with E-state index in [1.54, 1.807) is 29.2 Å². The lowest BCUT2D eigenvalue weighted by atomic mass is 10.1. The molecule has 0 spiro atoms. The van der Waals surface area contributed by atoms with Gasteiger partial charge in [-0.15, -0.1) is 0 Å². The smallest absolute Gasteiger partial charge is 0.294 e. The lowest BCUT2D eigenvalue weighted by Gasteiger charge is -2.27. The monoisotopic (exact) mass is 464 g/mol. The average molecular weight is 465 g/mol. The van der Waals surface area contributed by atoms with E-state index in [1.807, 2.05) is 6.92 Å². The summed E-state index contributed by atoms with van der Waals surface area (Å²) in [6, 6.07) is 3.33. The Morgan fingerprint density at radius 1 is 1.23 bits per heavy atom. The van der Waals surface area contributed by atoms with Crippen molar-refractivity contribution in [3.8, 4) is 11.5 Å². The molecule has 1 aromatic carbocycles. The van der Waals surface area contributed by atoms with Gasteiger partial charge in [-0.1, -0.05) is 24.3 Å². The van der Waals surface area contributed by atoms with Crippen LogP contribution in [0.1, 0.15) is 31.7 Å². The van der Waals surface area contributed by atoms with Gasteiger partial charge >= 0.3 is 0 Å². The van der Waals surface area contributed by atoms with Crippen LogP contribution in [0, 0.1) is 0 Å². The summed E-state index contributed by atoms with van der Waals surface area (Å²) in [6.07, 6.45) is 6.16. The Labute approximate surface area is 191 Å². The second-order valence-electron chi connectivity index (χ2n) is 7.07. The van der Waals surface area contributed by atoms with E-state index in [1.165, 1.54) is 0 Å². The molecule has 0 atom stereocenters. The number of nitrogens with zero attached hydrogens (tertiary/aromatic N) is 2. The quantitative estimate of drug-likeness (QED) is 0.420. The first kappa shape index (κ1) is 23.2. The molecule has 166 valence electrons. The molecular formula is C22H25ClN2O5S. The number of carbonyl (C=O) groups excluding carboxylic acids is 3. The molecule has 0 unspecified atom stereocenters. The van der Waals surface area contributed by atoms with Crippen LogP contribution in [0.3, 0.4) is 0 Å². The largest absolute Gasteiger partial charge is 0.490 e. The van der Waals surface area contributed by atoms with Crippen LogP contribution in [0.5, 0.6) is 11.5 Å². The molecule has 3 rings (SSSR count). The summed E-state index contributed by atoms with van der Waals surface area (Å²) >= 11 is 7.16. The molecule has 1 aromatic rings. The van der Waals surface area contributed by atoms with Crippen LogP contribution in [0.25, 0.3) is 6.08 Å². The standard InChI is InChI=1S/C22H25ClN2O5S/c1-3-10-30-20-16(23)11-15(12-17(20)29-4-2)13-18-21(27)25(22(28)31-18)14-19(26)24-8-6-5-7-9-24/h3,11-13H,1,4-10,14H2,2H3/b18-13-. The lowest BCUT2D eigenvalue weighted by molar-refractivity contribution is -0.136. The molecule has 7 nitrogen and oxygen atoms in total. The van der Waals surface area contributed by atoms with Crippen molar-refractivity contribution in [2.75, 3.05) is 32.8 Å². The Morgan fingerprint density at radius 3 is 2.65 bits per heavy atom. The molecule has 0 radical (unpaired) electrons. The Bertz CT molecular complexity index is 911. The van der Waals surface area contributed by atoms with E-state index in [4.69, 9.17) is 21.1 Å². The van der Waals surface area contributed by atoms with Gasteiger partial charge in [0.1, 0.15) is 13.2 Å². The summed E-state index contributed by atoms with van der Waals surface area (Å²) in [6.45, 7) is 7.23. The summed E-state index contributed by atoms with van der Waals surface area (Å²) in [5.41, 5.74) is 0.590. The van der Waals surface area contributed by atoms with Crippen molar-refractivity contribution in [3.05, 3.63) is 40.3 Å². The van der Waals surface area contributed by atoms with Gasteiger partial charge in [0, 0.05) is 13.1 Å². The number of thioether (sulfide) groups is 1. The van der Waals surface area contributed by atoms with Crippen molar-refractivity contribution in [3.63, 3.8) is 0 Å². The van der Waals surface area contributed by atoms with Crippen molar-refractivity contribution < 1.29 is 23.9 Å². The number of likely N-dealkylation sites (tertiary alicyclic amines) is 1. The molecule has 0 aromatic heterocycles. The maximum absolute atomic E-state index is 12.8. The first-order valence-electron chi connectivity index (χ1n) is 10.2. The number of halogens is 1. The molecule has 2 saturated heterocycles. The highest BCUT2D eigenvalue weighted by atomic mass is 35.5. The normalized spacial score (nSPS) is 17.9. The predicted molar refractivity (Wildman–Crippen MR) is 121 cm³/mol. The first-order valence-corrected chi connectivity index (χ1v) is 11.4. The van der Waals surface area contributed by atoms with Crippen molar-refractivity contribution >= 4 is 46.5 Å². The van der Waals surface area contributed by atoms with Crippen molar-refractivity contribution in [2.45, 2.75) is 26.2 Å². The third-order valence-electron chi connectivity index (χ3n) is 4.85. The number of hydrogen-bond donors (Lipinski definition) is 0. The molecule has 31 heavy (non-hydrogen) atoms. The second-order valence-corrected chi connectivity index (χ2v) is 8.47. The van der Waals surface area contributed by atoms with Gasteiger partial charge in [-0.2, -0.15) is 0 Å². The van der Waals surface area contributed by atoms with Crippen molar-refractivity contribution in [2.24, 2.45) is 0 Å². The van der Waals surface area contributed by atoms with Crippen molar-refractivity contribution in [1.29, 1.82) is 0 Å². The fourth-order valence-corrected chi connectivity index (χ4v) is 4.49. The highest BCUT2D eigenvalue weighted by Gasteiger charge is 2.37. The van der Waals surface area contributed by atoms with Crippen LogP contribution in [0.4, 0.5) is 4.79 Å². The SMILES string of the molecule is C=CCOc1c(Cl)cc(/C=C2\SC(=O)N(CC(=O)N3CCCCC3)C2=O)cc1OCC. The maximum Gasteiger partial charge on any atom is 0.294 e. The van der Waals surface area contributed by atoms with E-state index >= 15 is 0 Å². The summed E-state index contributed by atoms with van der Waals surface area (Å²) < 4.78 is 11.2. The number of benzene rings is 1. The summed E-state index contributed by atoms with van der Waals surface area (Å²) in [5.74, 6) is 0.137. The van der Waals surface area contributed by atoms with Gasteiger partial charge in [0.15, 0.2) is 11.5 Å². The fourth-order valence-electron chi connectivity index (χ4n) is 3.38. The Hall–Kier alpha value is -2.45. The van der Waals surface area contributed by atoms with E-state index in [9.17, 15) is 14.4 Å². The van der Waals surface area contributed by atoms with E-state index in [0.717, 1.165) is 35.9 Å². The number of rotatable bonds is 8. The molecule has 2 aliphatic rings. The molecule has 0 N–H and O–H groups in total. The Kier molecular flexibility index (Phi) is 8.03. The van der Waals surface area contributed by atoms with Gasteiger partial charge in [0.2, 0.25) is 5.91 Å². The molecule has 2 aliphatic heterocycles. The van der Waals surface area contributed by atoms with E-state index < -0.39 is 11.1 Å². The number of piperidine rings is 1. The highest BCUT2D eigenvalue weighted by Crippen LogP contribution is 2.39. The summed E-state index contributed by atoms with van der Waals surface area (Å²) in [7, 11) is 0. The van der Waals surface area contributed by atoms with Crippen LogP contribution in [-0.4, -0.2) is 59.7 Å². The molecule has 0 aliphatic carbocycles. The van der Waals surface area contributed by atoms with Crippen LogP contribution < -0.4 is 9.47 Å². The van der Waals surface area contributed by atoms with Crippen LogP contribution in [0.15, 0.2) is 29.7 Å². The average Bonchev–Trinajstić information content (AvgIpc) is 3.01. The summed E-state index contributed by atoms with van der Waals surface area (Å²) in [5, 5.41) is -0.137. The van der Waals surface area contributed by atoms with E-state index in [0.29, 0.717) is 41.8 Å². The second kappa shape index (κ2) is 10.7. The van der Waals surface area contributed by atoms with Crippen molar-refractivity contribution in [1.82, 2.24) is 9.80 Å².